The third-order valence-electron chi connectivity index (χ3n) is 5.55. The van der Waals surface area contributed by atoms with E-state index < -0.39 is 44.8 Å². The summed E-state index contributed by atoms with van der Waals surface area (Å²) in [4.78, 5) is 28.2. The highest BCUT2D eigenvalue weighted by atomic mass is 32.2. The van der Waals surface area contributed by atoms with Gasteiger partial charge in [-0.2, -0.15) is 0 Å². The highest BCUT2D eigenvalue weighted by molar-refractivity contribution is 7.92. The van der Waals surface area contributed by atoms with Crippen LogP contribution in [0, 0.1) is 11.6 Å². The average Bonchev–Trinajstić information content (AvgIpc) is 3.24. The Morgan fingerprint density at radius 2 is 1.89 bits per heavy atom. The minimum atomic E-state index is -4.40. The smallest absolute Gasteiger partial charge is 0.337 e. The minimum Gasteiger partial charge on any atom is -0.478 e. The number of amides is 1. The van der Waals surface area contributed by atoms with E-state index in [-0.39, 0.29) is 34.3 Å². The van der Waals surface area contributed by atoms with Gasteiger partial charge in [0.1, 0.15) is 17.1 Å². The van der Waals surface area contributed by atoms with E-state index >= 15 is 4.39 Å². The fourth-order valence-electron chi connectivity index (χ4n) is 3.83. The zero-order valence-corrected chi connectivity index (χ0v) is 19.7. The third kappa shape index (κ3) is 4.52. The largest absolute Gasteiger partial charge is 0.478 e. The number of carboxylic acid groups (broad SMARTS) is 1. The van der Waals surface area contributed by atoms with Gasteiger partial charge in [0, 0.05) is 12.3 Å². The number of carboxylic acids is 1. The monoisotopic (exact) mass is 517 g/mol. The molecule has 0 radical (unpaired) electrons. The molecule has 10 nitrogen and oxygen atoms in total. The molecule has 1 aliphatic rings. The maximum absolute atomic E-state index is 15.5. The lowest BCUT2D eigenvalue weighted by Gasteiger charge is -2.23. The zero-order valence-electron chi connectivity index (χ0n) is 18.9. The van der Waals surface area contributed by atoms with Gasteiger partial charge < -0.3 is 21.1 Å². The Bertz CT molecular complexity index is 1480. The molecule has 0 spiro atoms. The van der Waals surface area contributed by atoms with Crippen molar-refractivity contribution in [1.82, 2.24) is 4.98 Å². The molecule has 0 aliphatic carbocycles. The van der Waals surface area contributed by atoms with Crippen LogP contribution in [0.4, 0.5) is 31.7 Å². The summed E-state index contributed by atoms with van der Waals surface area (Å²) in [5.41, 5.74) is 3.79. The Morgan fingerprint density at radius 3 is 2.50 bits per heavy atom. The van der Waals surface area contributed by atoms with Crippen molar-refractivity contribution in [3.8, 4) is 0 Å². The number of carbonyl (C=O) groups excluding carboxylic acids is 1. The Balaban J connectivity index is 1.85. The molecule has 2 heterocycles. The standard InChI is InChI=1S/C23H21F2N5O5S/c1-2-3-12-4-6-14(7-5-12)36(34,35)29-20-16(9-15(24)18(19(20)25)21(26)31)30-11-28-22-17(30)8-13(10-27-22)23(32)33/h4-10,29H,2-3,11H2,1H3,(H2,26,31)(H,27,28)(H,32,33). The summed E-state index contributed by atoms with van der Waals surface area (Å²) in [7, 11) is -4.40. The Hall–Kier alpha value is -4.26. The van der Waals surface area contributed by atoms with Gasteiger partial charge in [0.25, 0.3) is 15.9 Å². The van der Waals surface area contributed by atoms with Gasteiger partial charge in [0.05, 0.1) is 28.5 Å². The average molecular weight is 518 g/mol. The molecule has 1 aromatic heterocycles. The highest BCUT2D eigenvalue weighted by Gasteiger charge is 2.32. The number of nitrogens with zero attached hydrogens (tertiary/aromatic N) is 2. The number of aromatic nitrogens is 1. The van der Waals surface area contributed by atoms with E-state index in [2.05, 4.69) is 15.0 Å². The molecule has 3 aromatic rings. The van der Waals surface area contributed by atoms with Gasteiger partial charge in [-0.15, -0.1) is 0 Å². The number of halogens is 2. The van der Waals surface area contributed by atoms with E-state index in [0.29, 0.717) is 0 Å². The molecule has 4 rings (SSSR count). The van der Waals surface area contributed by atoms with Gasteiger partial charge in [-0.05, 0) is 30.2 Å². The number of carbonyl (C=O) groups is 2. The minimum absolute atomic E-state index is 0.124. The summed E-state index contributed by atoms with van der Waals surface area (Å²) >= 11 is 0. The number of nitrogens with one attached hydrogen (secondary N) is 2. The number of aromatic carboxylic acids is 1. The molecular formula is C23H21F2N5O5S. The maximum Gasteiger partial charge on any atom is 0.337 e. The van der Waals surface area contributed by atoms with Gasteiger partial charge in [-0.25, -0.2) is 27.0 Å². The van der Waals surface area contributed by atoms with E-state index in [9.17, 15) is 27.5 Å². The quantitative estimate of drug-likeness (QED) is 0.354. The Labute approximate surface area is 204 Å². The molecule has 0 saturated heterocycles. The van der Waals surface area contributed by atoms with E-state index in [1.807, 2.05) is 6.92 Å². The molecule has 0 atom stereocenters. The number of sulfonamides is 1. The molecule has 0 saturated carbocycles. The summed E-state index contributed by atoms with van der Waals surface area (Å²) in [5.74, 6) is -5.35. The molecule has 2 aromatic carbocycles. The second kappa shape index (κ2) is 9.41. The predicted molar refractivity (Wildman–Crippen MR) is 128 cm³/mol. The van der Waals surface area contributed by atoms with Crippen LogP contribution in [0.5, 0.6) is 0 Å². The number of hydrogen-bond donors (Lipinski definition) is 4. The zero-order chi connectivity index (χ0) is 26.2. The molecule has 1 amide bonds. The number of aryl methyl sites for hydroxylation is 1. The molecular weight excluding hydrogens is 496 g/mol. The molecule has 0 bridgehead atoms. The van der Waals surface area contributed by atoms with Crippen molar-refractivity contribution in [2.45, 2.75) is 24.7 Å². The maximum atomic E-state index is 15.5. The van der Waals surface area contributed by atoms with Crippen molar-refractivity contribution in [2.24, 2.45) is 5.73 Å². The highest BCUT2D eigenvalue weighted by Crippen LogP contribution is 2.42. The molecule has 0 fully saturated rings. The molecule has 0 unspecified atom stereocenters. The first-order valence-corrected chi connectivity index (χ1v) is 12.2. The van der Waals surface area contributed by atoms with Crippen LogP contribution in [0.15, 0.2) is 47.5 Å². The number of benzene rings is 2. The molecule has 13 heteroatoms. The Kier molecular flexibility index (Phi) is 6.50. The van der Waals surface area contributed by atoms with E-state index in [4.69, 9.17) is 5.73 Å². The van der Waals surface area contributed by atoms with Crippen molar-refractivity contribution < 1.29 is 31.9 Å². The van der Waals surface area contributed by atoms with Crippen LogP contribution in [0.2, 0.25) is 0 Å². The molecule has 188 valence electrons. The van der Waals surface area contributed by atoms with Gasteiger partial charge in [-0.1, -0.05) is 25.5 Å². The van der Waals surface area contributed by atoms with Gasteiger partial charge in [0.2, 0.25) is 0 Å². The number of rotatable bonds is 8. The van der Waals surface area contributed by atoms with Crippen LogP contribution < -0.4 is 20.7 Å². The van der Waals surface area contributed by atoms with E-state index in [0.717, 1.165) is 30.7 Å². The van der Waals surface area contributed by atoms with Crippen molar-refractivity contribution in [3.05, 3.63) is 70.9 Å². The van der Waals surface area contributed by atoms with Crippen molar-refractivity contribution in [1.29, 1.82) is 0 Å². The van der Waals surface area contributed by atoms with Crippen molar-refractivity contribution in [3.63, 3.8) is 0 Å². The summed E-state index contributed by atoms with van der Waals surface area (Å²) in [6.07, 6.45) is 2.69. The fraction of sp³-hybridized carbons (Fsp3) is 0.174. The third-order valence-corrected chi connectivity index (χ3v) is 6.92. The number of pyridine rings is 1. The fourth-order valence-corrected chi connectivity index (χ4v) is 4.90. The summed E-state index contributed by atoms with van der Waals surface area (Å²) in [6.45, 7) is 1.85. The second-order valence-corrected chi connectivity index (χ2v) is 9.65. The van der Waals surface area contributed by atoms with Crippen LogP contribution in [-0.2, 0) is 16.4 Å². The van der Waals surface area contributed by atoms with Gasteiger partial charge in [0.15, 0.2) is 11.6 Å². The topological polar surface area (TPSA) is 155 Å². The van der Waals surface area contributed by atoms with E-state index in [1.165, 1.54) is 23.1 Å². The molecule has 5 N–H and O–H groups in total. The number of hydrogen-bond acceptors (Lipinski definition) is 7. The first-order valence-electron chi connectivity index (χ1n) is 10.7. The molecule has 1 aliphatic heterocycles. The van der Waals surface area contributed by atoms with Gasteiger partial charge in [-0.3, -0.25) is 9.52 Å². The number of anilines is 4. The van der Waals surface area contributed by atoms with Gasteiger partial charge >= 0.3 is 5.97 Å². The normalized spacial score (nSPS) is 12.7. The lowest BCUT2D eigenvalue weighted by atomic mass is 10.1. The van der Waals surface area contributed by atoms with Crippen molar-refractivity contribution in [2.75, 3.05) is 21.6 Å². The first kappa shape index (κ1) is 24.9. The van der Waals surface area contributed by atoms with Crippen LogP contribution in [0.3, 0.4) is 0 Å². The lowest BCUT2D eigenvalue weighted by Crippen LogP contribution is -2.24. The first-order chi connectivity index (χ1) is 17.0. The number of nitrogens with two attached hydrogens (primary N) is 1. The lowest BCUT2D eigenvalue weighted by molar-refractivity contribution is 0.0696. The summed E-state index contributed by atoms with van der Waals surface area (Å²) in [6, 6.07) is 7.89. The van der Waals surface area contributed by atoms with Crippen LogP contribution in [-0.4, -0.2) is 37.1 Å². The van der Waals surface area contributed by atoms with Crippen molar-refractivity contribution >= 4 is 44.8 Å². The SMILES string of the molecule is CCCc1ccc(S(=O)(=O)Nc2c(N3CNc4ncc(C(=O)O)cc43)cc(F)c(C(N)=O)c2F)cc1. The number of fused-ring (bicyclic) bond motifs is 1. The van der Waals surface area contributed by atoms with E-state index in [1.54, 1.807) is 12.1 Å². The van der Waals surface area contributed by atoms with Crippen LogP contribution in [0.1, 0.15) is 39.6 Å². The molecule has 36 heavy (non-hydrogen) atoms. The summed E-state index contributed by atoms with van der Waals surface area (Å²) < 4.78 is 58.6. The Morgan fingerprint density at radius 1 is 1.19 bits per heavy atom. The second-order valence-electron chi connectivity index (χ2n) is 7.96. The van der Waals surface area contributed by atoms with Crippen LogP contribution in [0.25, 0.3) is 0 Å². The van der Waals surface area contributed by atoms with Crippen LogP contribution >= 0.6 is 0 Å². The summed E-state index contributed by atoms with van der Waals surface area (Å²) in [5, 5.41) is 12.1. The predicted octanol–water partition coefficient (Wildman–Crippen LogP) is 3.43. The number of primary amides is 1.